The van der Waals surface area contributed by atoms with E-state index in [9.17, 15) is 0 Å². The van der Waals surface area contributed by atoms with Crippen molar-refractivity contribution in [2.75, 3.05) is 13.6 Å². The monoisotopic (exact) mass is 227 g/mol. The van der Waals surface area contributed by atoms with Crippen LogP contribution in [0.1, 0.15) is 67.2 Å². The second kappa shape index (κ2) is 7.32. The van der Waals surface area contributed by atoms with E-state index in [2.05, 4.69) is 53.5 Å². The Labute approximate surface area is 104 Å². The van der Waals surface area contributed by atoms with Gasteiger partial charge in [-0.3, -0.25) is 0 Å². The van der Waals surface area contributed by atoms with Crippen LogP contribution >= 0.6 is 0 Å². The lowest BCUT2D eigenvalue weighted by atomic mass is 9.82. The molecule has 0 bridgehead atoms. The van der Waals surface area contributed by atoms with Crippen molar-refractivity contribution in [3.63, 3.8) is 0 Å². The van der Waals surface area contributed by atoms with Crippen LogP contribution in [0.25, 0.3) is 0 Å². The van der Waals surface area contributed by atoms with Gasteiger partial charge in [-0.1, -0.05) is 47.5 Å². The summed E-state index contributed by atoms with van der Waals surface area (Å²) < 4.78 is 0. The molecule has 0 amide bonds. The molecule has 16 heavy (non-hydrogen) atoms. The van der Waals surface area contributed by atoms with Crippen LogP contribution in [0.2, 0.25) is 0 Å². The lowest BCUT2D eigenvalue weighted by Gasteiger charge is -2.37. The Morgan fingerprint density at radius 3 is 2.06 bits per heavy atom. The summed E-state index contributed by atoms with van der Waals surface area (Å²) in [6.07, 6.45) is 5.22. The molecule has 0 radical (unpaired) electrons. The minimum Gasteiger partial charge on any atom is -0.303 e. The molecule has 0 rings (SSSR count). The van der Waals surface area contributed by atoms with Crippen molar-refractivity contribution in [2.24, 2.45) is 11.3 Å². The average Bonchev–Trinajstić information content (AvgIpc) is 2.27. The van der Waals surface area contributed by atoms with Crippen LogP contribution in [-0.2, 0) is 0 Å². The van der Waals surface area contributed by atoms with Crippen molar-refractivity contribution in [3.8, 4) is 0 Å². The van der Waals surface area contributed by atoms with E-state index in [0.717, 1.165) is 5.92 Å². The first kappa shape index (κ1) is 16.0. The molecular weight excluding hydrogens is 194 g/mol. The maximum atomic E-state index is 2.56. The molecule has 0 N–H and O–H groups in total. The summed E-state index contributed by atoms with van der Waals surface area (Å²) in [4.78, 5) is 2.56. The number of hydrogen-bond acceptors (Lipinski definition) is 1. The van der Waals surface area contributed by atoms with Crippen LogP contribution in [0.5, 0.6) is 0 Å². The van der Waals surface area contributed by atoms with Crippen molar-refractivity contribution in [1.82, 2.24) is 4.90 Å². The Hall–Kier alpha value is -0.0400. The zero-order chi connectivity index (χ0) is 12.8. The largest absolute Gasteiger partial charge is 0.303 e. The molecular formula is C15H33N. The summed E-state index contributed by atoms with van der Waals surface area (Å²) in [5, 5.41) is 0. The van der Waals surface area contributed by atoms with Crippen molar-refractivity contribution in [3.05, 3.63) is 0 Å². The van der Waals surface area contributed by atoms with E-state index < -0.39 is 0 Å². The zero-order valence-corrected chi connectivity index (χ0v) is 12.6. The minimum absolute atomic E-state index is 0.505. The first-order valence-corrected chi connectivity index (χ1v) is 7.10. The van der Waals surface area contributed by atoms with Crippen LogP contribution in [0, 0.1) is 11.3 Å². The molecule has 0 aliphatic heterocycles. The smallest absolute Gasteiger partial charge is 0.00896 e. The predicted molar refractivity (Wildman–Crippen MR) is 74.9 cm³/mol. The SMILES string of the molecule is CCCC(C)(CC)CN(C)C(C)[C@H](C)CC. The number of hydrogen-bond donors (Lipinski definition) is 0. The van der Waals surface area contributed by atoms with E-state index in [1.165, 1.54) is 32.2 Å². The van der Waals surface area contributed by atoms with Gasteiger partial charge in [0.15, 0.2) is 0 Å². The normalized spacial score (nSPS) is 19.5. The average molecular weight is 227 g/mol. The van der Waals surface area contributed by atoms with Crippen LogP contribution in [-0.4, -0.2) is 24.5 Å². The molecule has 0 aliphatic rings. The summed E-state index contributed by atoms with van der Waals surface area (Å²) in [5.74, 6) is 0.799. The van der Waals surface area contributed by atoms with E-state index in [1.807, 2.05) is 0 Å². The van der Waals surface area contributed by atoms with Crippen molar-refractivity contribution in [2.45, 2.75) is 73.3 Å². The Balaban J connectivity index is 4.34. The lowest BCUT2D eigenvalue weighted by Crippen LogP contribution is -2.41. The second-order valence-corrected chi connectivity index (χ2v) is 5.96. The third kappa shape index (κ3) is 4.86. The Bertz CT molecular complexity index is 178. The van der Waals surface area contributed by atoms with Gasteiger partial charge in [0.05, 0.1) is 0 Å². The van der Waals surface area contributed by atoms with Gasteiger partial charge in [0.1, 0.15) is 0 Å². The fourth-order valence-electron chi connectivity index (χ4n) is 2.49. The molecule has 0 aliphatic carbocycles. The highest BCUT2D eigenvalue weighted by Crippen LogP contribution is 2.29. The summed E-state index contributed by atoms with van der Waals surface area (Å²) in [7, 11) is 2.29. The standard InChI is InChI=1S/C15H33N/c1-8-11-15(6,10-3)12-16(7)14(5)13(4)9-2/h13-14H,8-12H2,1-7H3/t13-,14?,15?/m1/s1. The first-order valence-electron chi connectivity index (χ1n) is 7.10. The third-order valence-electron chi connectivity index (χ3n) is 4.50. The van der Waals surface area contributed by atoms with Gasteiger partial charge in [-0.15, -0.1) is 0 Å². The van der Waals surface area contributed by atoms with Crippen molar-refractivity contribution in [1.29, 1.82) is 0 Å². The molecule has 0 aromatic carbocycles. The molecule has 0 heterocycles. The summed E-state index contributed by atoms with van der Waals surface area (Å²) >= 11 is 0. The molecule has 0 spiro atoms. The fraction of sp³-hybridized carbons (Fsp3) is 1.00. The van der Waals surface area contributed by atoms with Gasteiger partial charge in [0.2, 0.25) is 0 Å². The molecule has 3 atom stereocenters. The van der Waals surface area contributed by atoms with Crippen molar-refractivity contribution >= 4 is 0 Å². The highest BCUT2D eigenvalue weighted by molar-refractivity contribution is 4.79. The molecule has 0 fully saturated rings. The number of rotatable bonds is 8. The fourth-order valence-corrected chi connectivity index (χ4v) is 2.49. The quantitative estimate of drug-likeness (QED) is 0.587. The molecule has 1 heteroatoms. The summed E-state index contributed by atoms with van der Waals surface area (Å²) in [5.41, 5.74) is 0.505. The molecule has 0 aromatic heterocycles. The molecule has 1 nitrogen and oxygen atoms in total. The topological polar surface area (TPSA) is 3.24 Å². The van der Waals surface area contributed by atoms with Gasteiger partial charge < -0.3 is 4.90 Å². The first-order chi connectivity index (χ1) is 7.40. The van der Waals surface area contributed by atoms with Gasteiger partial charge in [-0.05, 0) is 38.1 Å². The van der Waals surface area contributed by atoms with Crippen molar-refractivity contribution < 1.29 is 0 Å². The van der Waals surface area contributed by atoms with Crippen LogP contribution in [0.15, 0.2) is 0 Å². The zero-order valence-electron chi connectivity index (χ0n) is 12.6. The molecule has 0 aromatic rings. The Morgan fingerprint density at radius 1 is 1.12 bits per heavy atom. The summed E-state index contributed by atoms with van der Waals surface area (Å²) in [6, 6.07) is 0.702. The number of nitrogens with zero attached hydrogens (tertiary/aromatic N) is 1. The van der Waals surface area contributed by atoms with E-state index in [4.69, 9.17) is 0 Å². The van der Waals surface area contributed by atoms with Gasteiger partial charge in [-0.25, -0.2) is 0 Å². The second-order valence-electron chi connectivity index (χ2n) is 5.96. The van der Waals surface area contributed by atoms with Gasteiger partial charge in [-0.2, -0.15) is 0 Å². The maximum Gasteiger partial charge on any atom is 0.00896 e. The molecule has 0 saturated heterocycles. The lowest BCUT2D eigenvalue weighted by molar-refractivity contribution is 0.114. The van der Waals surface area contributed by atoms with Crippen LogP contribution < -0.4 is 0 Å². The Kier molecular flexibility index (Phi) is 7.30. The van der Waals surface area contributed by atoms with E-state index in [1.54, 1.807) is 0 Å². The van der Waals surface area contributed by atoms with Crippen LogP contribution in [0.3, 0.4) is 0 Å². The van der Waals surface area contributed by atoms with Gasteiger partial charge >= 0.3 is 0 Å². The highest BCUT2D eigenvalue weighted by Gasteiger charge is 2.26. The maximum absolute atomic E-state index is 2.56. The minimum atomic E-state index is 0.505. The van der Waals surface area contributed by atoms with E-state index in [-0.39, 0.29) is 0 Å². The van der Waals surface area contributed by atoms with Gasteiger partial charge in [0.25, 0.3) is 0 Å². The predicted octanol–water partition coefficient (Wildman–Crippen LogP) is 4.57. The summed E-state index contributed by atoms with van der Waals surface area (Å²) in [6.45, 7) is 15.3. The van der Waals surface area contributed by atoms with Crippen LogP contribution in [0.4, 0.5) is 0 Å². The van der Waals surface area contributed by atoms with E-state index in [0.29, 0.717) is 11.5 Å². The Morgan fingerprint density at radius 2 is 1.69 bits per heavy atom. The highest BCUT2D eigenvalue weighted by atomic mass is 15.1. The third-order valence-corrected chi connectivity index (χ3v) is 4.50. The molecule has 98 valence electrons. The van der Waals surface area contributed by atoms with E-state index >= 15 is 0 Å². The molecule has 0 saturated carbocycles. The van der Waals surface area contributed by atoms with Gasteiger partial charge in [0, 0.05) is 12.6 Å². The molecule has 2 unspecified atom stereocenters.